The summed E-state index contributed by atoms with van der Waals surface area (Å²) in [7, 11) is 0. The number of anilines is 2. The van der Waals surface area contributed by atoms with Crippen molar-refractivity contribution in [3.63, 3.8) is 0 Å². The van der Waals surface area contributed by atoms with Gasteiger partial charge in [0.05, 0.1) is 21.9 Å². The third-order valence-corrected chi connectivity index (χ3v) is 2.34. The number of nitro groups is 1. The van der Waals surface area contributed by atoms with E-state index < -0.39 is 4.92 Å². The number of hydrogen-bond acceptors (Lipinski definition) is 4. The molecule has 0 aliphatic rings. The van der Waals surface area contributed by atoms with Crippen LogP contribution in [0.5, 0.6) is 0 Å². The number of benzene rings is 1. The third kappa shape index (κ3) is 2.37. The zero-order valence-electron chi connectivity index (χ0n) is 8.69. The molecule has 0 saturated carbocycles. The number of nitrogen functional groups attached to an aromatic ring is 2. The molecule has 15 heavy (non-hydrogen) atoms. The van der Waals surface area contributed by atoms with Crippen LogP contribution in [0.2, 0.25) is 0 Å². The van der Waals surface area contributed by atoms with Crippen molar-refractivity contribution in [2.24, 2.45) is 0 Å². The Balaban J connectivity index is 3.16. The Morgan fingerprint density at radius 2 is 2.07 bits per heavy atom. The van der Waals surface area contributed by atoms with Gasteiger partial charge in [-0.3, -0.25) is 10.1 Å². The van der Waals surface area contributed by atoms with Crippen LogP contribution in [-0.4, -0.2) is 4.92 Å². The van der Waals surface area contributed by atoms with E-state index in [0.717, 1.165) is 12.8 Å². The molecule has 1 rings (SSSR count). The van der Waals surface area contributed by atoms with Crippen LogP contribution in [0.15, 0.2) is 12.1 Å². The highest BCUT2D eigenvalue weighted by Crippen LogP contribution is 2.30. The van der Waals surface area contributed by atoms with Gasteiger partial charge in [-0.05, 0) is 18.9 Å². The maximum absolute atomic E-state index is 10.8. The lowest BCUT2D eigenvalue weighted by molar-refractivity contribution is -0.385. The second-order valence-electron chi connectivity index (χ2n) is 3.43. The molecule has 0 aromatic heterocycles. The maximum atomic E-state index is 10.8. The molecule has 0 unspecified atom stereocenters. The van der Waals surface area contributed by atoms with Crippen LogP contribution >= 0.6 is 0 Å². The van der Waals surface area contributed by atoms with Gasteiger partial charge in [0.2, 0.25) is 0 Å². The number of unbranched alkanes of at least 4 members (excludes halogenated alkanes) is 1. The van der Waals surface area contributed by atoms with Gasteiger partial charge in [-0.15, -0.1) is 0 Å². The van der Waals surface area contributed by atoms with E-state index in [-0.39, 0.29) is 5.69 Å². The first-order valence-corrected chi connectivity index (χ1v) is 4.89. The Morgan fingerprint density at radius 3 is 2.60 bits per heavy atom. The van der Waals surface area contributed by atoms with E-state index in [1.165, 1.54) is 12.1 Å². The Bertz CT molecular complexity index is 377. The van der Waals surface area contributed by atoms with Crippen LogP contribution in [0, 0.1) is 10.1 Å². The number of rotatable bonds is 4. The summed E-state index contributed by atoms with van der Waals surface area (Å²) >= 11 is 0. The fraction of sp³-hybridized carbons (Fsp3) is 0.400. The van der Waals surface area contributed by atoms with E-state index in [9.17, 15) is 10.1 Å². The van der Waals surface area contributed by atoms with Gasteiger partial charge in [0.15, 0.2) is 0 Å². The first-order valence-electron chi connectivity index (χ1n) is 4.89. The average Bonchev–Trinajstić information content (AvgIpc) is 2.19. The third-order valence-electron chi connectivity index (χ3n) is 2.34. The number of nitro benzene ring substituents is 1. The van der Waals surface area contributed by atoms with Gasteiger partial charge >= 0.3 is 0 Å². The van der Waals surface area contributed by atoms with Crippen molar-refractivity contribution in [2.75, 3.05) is 11.5 Å². The summed E-state index contributed by atoms with van der Waals surface area (Å²) in [4.78, 5) is 10.3. The fourth-order valence-corrected chi connectivity index (χ4v) is 1.46. The molecule has 0 heterocycles. The lowest BCUT2D eigenvalue weighted by Crippen LogP contribution is -2.04. The molecule has 0 aliphatic heterocycles. The summed E-state index contributed by atoms with van der Waals surface area (Å²) in [6, 6.07) is 2.89. The molecule has 0 radical (unpaired) electrons. The molecule has 1 aromatic rings. The Labute approximate surface area is 88.2 Å². The molecule has 82 valence electrons. The Morgan fingerprint density at radius 1 is 1.40 bits per heavy atom. The number of nitrogens with zero attached hydrogens (tertiary/aromatic N) is 1. The van der Waals surface area contributed by atoms with E-state index in [1.807, 2.05) is 6.92 Å². The highest BCUT2D eigenvalue weighted by molar-refractivity contribution is 5.72. The molecule has 0 fully saturated rings. The van der Waals surface area contributed by atoms with Crippen LogP contribution in [-0.2, 0) is 6.42 Å². The van der Waals surface area contributed by atoms with Gasteiger partial charge in [-0.2, -0.15) is 0 Å². The summed E-state index contributed by atoms with van der Waals surface area (Å²) in [6.07, 6.45) is 2.43. The minimum absolute atomic E-state index is 0.0650. The van der Waals surface area contributed by atoms with E-state index in [0.29, 0.717) is 23.4 Å². The van der Waals surface area contributed by atoms with Gasteiger partial charge in [0, 0.05) is 6.07 Å². The van der Waals surface area contributed by atoms with Gasteiger partial charge < -0.3 is 11.5 Å². The predicted molar refractivity (Wildman–Crippen MR) is 60.5 cm³/mol. The quantitative estimate of drug-likeness (QED) is 0.451. The van der Waals surface area contributed by atoms with Gasteiger partial charge in [0.1, 0.15) is 0 Å². The summed E-state index contributed by atoms with van der Waals surface area (Å²) in [5.74, 6) is 0. The predicted octanol–water partition coefficient (Wildman–Crippen LogP) is 2.10. The normalized spacial score (nSPS) is 10.2. The molecule has 0 aliphatic carbocycles. The highest BCUT2D eigenvalue weighted by atomic mass is 16.6. The van der Waals surface area contributed by atoms with Gasteiger partial charge in [0.25, 0.3) is 5.69 Å². The van der Waals surface area contributed by atoms with Crippen LogP contribution < -0.4 is 11.5 Å². The molecular formula is C10H15N3O2. The molecule has 0 spiro atoms. The summed E-state index contributed by atoms with van der Waals surface area (Å²) < 4.78 is 0. The number of nitrogens with two attached hydrogens (primary N) is 2. The largest absolute Gasteiger partial charge is 0.397 e. The van der Waals surface area contributed by atoms with Crippen molar-refractivity contribution < 1.29 is 4.92 Å². The van der Waals surface area contributed by atoms with E-state index in [2.05, 4.69) is 0 Å². The van der Waals surface area contributed by atoms with Crippen molar-refractivity contribution in [3.05, 3.63) is 27.8 Å². The summed E-state index contributed by atoms with van der Waals surface area (Å²) in [5, 5.41) is 10.8. The van der Waals surface area contributed by atoms with Gasteiger partial charge in [-0.25, -0.2) is 0 Å². The molecule has 0 atom stereocenters. The molecule has 1 aromatic carbocycles. The maximum Gasteiger partial charge on any atom is 0.274 e. The second-order valence-corrected chi connectivity index (χ2v) is 3.43. The van der Waals surface area contributed by atoms with Crippen LogP contribution in [0.3, 0.4) is 0 Å². The molecule has 5 nitrogen and oxygen atoms in total. The zero-order chi connectivity index (χ0) is 11.4. The fourth-order valence-electron chi connectivity index (χ4n) is 1.46. The van der Waals surface area contributed by atoms with Crippen LogP contribution in [0.1, 0.15) is 25.3 Å². The topological polar surface area (TPSA) is 95.2 Å². The standard InChI is InChI=1S/C10H15N3O2/c1-2-3-4-7-9(13(14)15)6-5-8(11)10(7)12/h5-6H,2-4,11-12H2,1H3. The minimum atomic E-state index is -0.416. The summed E-state index contributed by atoms with van der Waals surface area (Å²) in [5.41, 5.74) is 12.7. The van der Waals surface area contributed by atoms with Crippen LogP contribution in [0.25, 0.3) is 0 Å². The van der Waals surface area contributed by atoms with E-state index >= 15 is 0 Å². The first-order chi connectivity index (χ1) is 7.07. The van der Waals surface area contributed by atoms with Crippen molar-refractivity contribution in [2.45, 2.75) is 26.2 Å². The number of hydrogen-bond donors (Lipinski definition) is 2. The smallest absolute Gasteiger partial charge is 0.274 e. The van der Waals surface area contributed by atoms with E-state index in [4.69, 9.17) is 11.5 Å². The lowest BCUT2D eigenvalue weighted by Gasteiger charge is -2.08. The van der Waals surface area contributed by atoms with Gasteiger partial charge in [-0.1, -0.05) is 13.3 Å². The molecule has 4 N–H and O–H groups in total. The van der Waals surface area contributed by atoms with Crippen molar-refractivity contribution in [3.8, 4) is 0 Å². The molecule has 0 saturated heterocycles. The molecular weight excluding hydrogens is 194 g/mol. The highest BCUT2D eigenvalue weighted by Gasteiger charge is 2.17. The lowest BCUT2D eigenvalue weighted by atomic mass is 10.0. The zero-order valence-corrected chi connectivity index (χ0v) is 8.69. The van der Waals surface area contributed by atoms with Crippen molar-refractivity contribution in [1.29, 1.82) is 0 Å². The minimum Gasteiger partial charge on any atom is -0.397 e. The Kier molecular flexibility index (Phi) is 3.49. The first kappa shape index (κ1) is 11.3. The second kappa shape index (κ2) is 4.63. The Hall–Kier alpha value is -1.78. The average molecular weight is 209 g/mol. The molecule has 0 bridgehead atoms. The van der Waals surface area contributed by atoms with E-state index in [1.54, 1.807) is 0 Å². The van der Waals surface area contributed by atoms with Crippen molar-refractivity contribution in [1.82, 2.24) is 0 Å². The van der Waals surface area contributed by atoms with Crippen LogP contribution in [0.4, 0.5) is 17.1 Å². The van der Waals surface area contributed by atoms with Crippen molar-refractivity contribution >= 4 is 17.1 Å². The SMILES string of the molecule is CCCCc1c([N+](=O)[O-])ccc(N)c1N. The summed E-state index contributed by atoms with van der Waals surface area (Å²) in [6.45, 7) is 2.02. The molecule has 0 amide bonds. The monoisotopic (exact) mass is 209 g/mol. The molecule has 5 heteroatoms.